The van der Waals surface area contributed by atoms with Crippen LogP contribution in [0.2, 0.25) is 0 Å². The summed E-state index contributed by atoms with van der Waals surface area (Å²) < 4.78 is 0. The molecule has 1 aliphatic heterocycles. The van der Waals surface area contributed by atoms with Crippen molar-refractivity contribution in [3.05, 3.63) is 212 Å². The van der Waals surface area contributed by atoms with Crippen LogP contribution in [0.15, 0.2) is 212 Å². The summed E-state index contributed by atoms with van der Waals surface area (Å²) in [6.07, 6.45) is 0. The molecule has 3 nitrogen and oxygen atoms in total. The van der Waals surface area contributed by atoms with Crippen molar-refractivity contribution in [2.45, 2.75) is 0 Å². The van der Waals surface area contributed by atoms with Crippen molar-refractivity contribution in [3.8, 4) is 78.4 Å². The standard InChI is InChI=1S/C52H36N2OP/c55-56(50-20-9-7-18-46(50)47-19-8-10-21-51(47)56)45-32-30-39(31-33-45)38-22-24-40(25-23-38)43-16-11-17-44(34-43)49-35-48(53-52(54-49)42-14-5-2-6-15-42)41-28-26-37(27-29-41)36-12-3-1-4-13-36/h1-35,55H/q+1. The third kappa shape index (κ3) is 6.04. The molecule has 0 fully saturated rings. The molecule has 8 aromatic carbocycles. The summed E-state index contributed by atoms with van der Waals surface area (Å²) in [5.41, 5.74) is 13.9. The minimum atomic E-state index is -2.71. The summed E-state index contributed by atoms with van der Waals surface area (Å²) in [5.74, 6) is 0.696. The number of fused-ring (bicyclic) bond motifs is 3. The normalized spacial score (nSPS) is 12.5. The van der Waals surface area contributed by atoms with Crippen molar-refractivity contribution in [2.24, 2.45) is 0 Å². The topological polar surface area (TPSA) is 46.0 Å². The fraction of sp³-hybridized carbons (Fsp3) is 0. The lowest BCUT2D eigenvalue weighted by molar-refractivity contribution is 0.634. The van der Waals surface area contributed by atoms with E-state index in [4.69, 9.17) is 9.97 Å². The number of aromatic nitrogens is 2. The molecule has 1 aromatic heterocycles. The van der Waals surface area contributed by atoms with Crippen molar-refractivity contribution in [3.63, 3.8) is 0 Å². The van der Waals surface area contributed by atoms with Gasteiger partial charge in [0.15, 0.2) is 5.82 Å². The van der Waals surface area contributed by atoms with E-state index in [1.165, 1.54) is 11.1 Å². The van der Waals surface area contributed by atoms with Crippen molar-refractivity contribution in [2.75, 3.05) is 0 Å². The van der Waals surface area contributed by atoms with Gasteiger partial charge in [-0.15, -0.1) is 0 Å². The Morgan fingerprint density at radius 3 is 1.27 bits per heavy atom. The Morgan fingerprint density at radius 1 is 0.304 bits per heavy atom. The first kappa shape index (κ1) is 33.8. The van der Waals surface area contributed by atoms with E-state index in [0.717, 1.165) is 77.4 Å². The largest absolute Gasteiger partial charge is 0.239 e. The van der Waals surface area contributed by atoms with E-state index < -0.39 is 7.49 Å². The van der Waals surface area contributed by atoms with Crippen LogP contribution in [-0.4, -0.2) is 14.9 Å². The van der Waals surface area contributed by atoms with Gasteiger partial charge in [0.25, 0.3) is 0 Å². The summed E-state index contributed by atoms with van der Waals surface area (Å²) in [5, 5.41) is 3.04. The van der Waals surface area contributed by atoms with Crippen LogP contribution in [0, 0.1) is 0 Å². The molecule has 10 rings (SSSR count). The highest BCUT2D eigenvalue weighted by Crippen LogP contribution is 2.58. The minimum absolute atomic E-state index is 0.696. The van der Waals surface area contributed by atoms with Crippen molar-refractivity contribution in [1.82, 2.24) is 9.97 Å². The average Bonchev–Trinajstić information content (AvgIpc) is 3.55. The number of benzene rings is 8. The summed E-state index contributed by atoms with van der Waals surface area (Å²) >= 11 is 0. The summed E-state index contributed by atoms with van der Waals surface area (Å²) in [6, 6.07) is 73.7. The van der Waals surface area contributed by atoms with Crippen LogP contribution in [-0.2, 0) is 0 Å². The second kappa shape index (κ2) is 14.1. The van der Waals surface area contributed by atoms with Gasteiger partial charge in [0.1, 0.15) is 15.9 Å². The minimum Gasteiger partial charge on any atom is -0.235 e. The number of rotatable bonds is 7. The second-order valence-electron chi connectivity index (χ2n) is 14.1. The van der Waals surface area contributed by atoms with Crippen LogP contribution in [0.5, 0.6) is 0 Å². The van der Waals surface area contributed by atoms with Gasteiger partial charge in [-0.2, -0.15) is 0 Å². The Morgan fingerprint density at radius 2 is 0.696 bits per heavy atom. The van der Waals surface area contributed by atoms with Crippen LogP contribution >= 0.6 is 7.49 Å². The maximum Gasteiger partial charge on any atom is 0.239 e. The molecule has 0 unspecified atom stereocenters. The second-order valence-corrected chi connectivity index (χ2v) is 16.9. The van der Waals surface area contributed by atoms with Gasteiger partial charge in [-0.05, 0) is 69.8 Å². The predicted molar refractivity (Wildman–Crippen MR) is 235 cm³/mol. The Bertz CT molecular complexity index is 2790. The van der Waals surface area contributed by atoms with Gasteiger partial charge in [-0.25, -0.2) is 14.9 Å². The van der Waals surface area contributed by atoms with Crippen LogP contribution in [0.4, 0.5) is 0 Å². The highest BCUT2D eigenvalue weighted by atomic mass is 31.2. The van der Waals surface area contributed by atoms with Gasteiger partial charge in [0.05, 0.1) is 11.4 Å². The zero-order valence-electron chi connectivity index (χ0n) is 30.5. The van der Waals surface area contributed by atoms with E-state index >= 15 is 0 Å². The molecular formula is C52H36N2OP+. The van der Waals surface area contributed by atoms with Crippen LogP contribution in [0.1, 0.15) is 0 Å². The molecule has 2 heterocycles. The van der Waals surface area contributed by atoms with E-state index in [1.807, 2.05) is 36.4 Å². The molecule has 1 aliphatic rings. The van der Waals surface area contributed by atoms with Crippen molar-refractivity contribution < 1.29 is 4.89 Å². The fourth-order valence-corrected chi connectivity index (χ4v) is 11.0. The molecule has 0 aliphatic carbocycles. The number of hydrogen-bond donors (Lipinski definition) is 1. The third-order valence-electron chi connectivity index (χ3n) is 10.8. The smallest absolute Gasteiger partial charge is 0.235 e. The Labute approximate surface area is 327 Å². The quantitative estimate of drug-likeness (QED) is 0.166. The van der Waals surface area contributed by atoms with Crippen molar-refractivity contribution >= 4 is 23.4 Å². The lowest BCUT2D eigenvalue weighted by atomic mass is 9.98. The molecule has 0 saturated carbocycles. The highest BCUT2D eigenvalue weighted by Gasteiger charge is 2.52. The molecule has 0 bridgehead atoms. The first-order chi connectivity index (χ1) is 27.6. The molecular weight excluding hydrogens is 700 g/mol. The molecule has 4 heteroatoms. The van der Waals surface area contributed by atoms with Gasteiger partial charge >= 0.3 is 0 Å². The molecule has 1 N–H and O–H groups in total. The Kier molecular flexibility index (Phi) is 8.53. The van der Waals surface area contributed by atoms with Gasteiger partial charge in [0, 0.05) is 27.8 Å². The monoisotopic (exact) mass is 735 g/mol. The molecule has 264 valence electrons. The average molecular weight is 736 g/mol. The maximum absolute atomic E-state index is 12.4. The van der Waals surface area contributed by atoms with Gasteiger partial charge < -0.3 is 0 Å². The zero-order valence-corrected chi connectivity index (χ0v) is 31.4. The van der Waals surface area contributed by atoms with Crippen molar-refractivity contribution in [1.29, 1.82) is 0 Å². The first-order valence-electron chi connectivity index (χ1n) is 18.9. The summed E-state index contributed by atoms with van der Waals surface area (Å²) in [4.78, 5) is 22.5. The Hall–Kier alpha value is -6.77. The third-order valence-corrected chi connectivity index (χ3v) is 14.0. The summed E-state index contributed by atoms with van der Waals surface area (Å²) in [7, 11) is -2.71. The van der Waals surface area contributed by atoms with Gasteiger partial charge in [0.2, 0.25) is 7.49 Å². The van der Waals surface area contributed by atoms with E-state index in [0.29, 0.717) is 5.82 Å². The molecule has 0 spiro atoms. The molecule has 56 heavy (non-hydrogen) atoms. The lowest BCUT2D eigenvalue weighted by Crippen LogP contribution is -2.26. The maximum atomic E-state index is 12.4. The predicted octanol–water partition coefficient (Wildman–Crippen LogP) is 11.7. The molecule has 0 atom stereocenters. The molecule has 0 radical (unpaired) electrons. The first-order valence-corrected chi connectivity index (χ1v) is 20.6. The SMILES string of the molecule is O[P+]1(c2ccc(-c3ccc(-c4cccc(-c5cc(-c6ccc(-c7ccccc7)cc6)nc(-c6ccccc6)n5)c4)cc3)cc2)c2ccccc2-c2ccccc21. The lowest BCUT2D eigenvalue weighted by Gasteiger charge is -2.16. The molecule has 9 aromatic rings. The summed E-state index contributed by atoms with van der Waals surface area (Å²) in [6.45, 7) is 0. The number of hydrogen-bond acceptors (Lipinski definition) is 3. The fourth-order valence-electron chi connectivity index (χ4n) is 7.88. The van der Waals surface area contributed by atoms with Gasteiger partial charge in [-0.3, -0.25) is 0 Å². The van der Waals surface area contributed by atoms with E-state index in [1.54, 1.807) is 0 Å². The van der Waals surface area contributed by atoms with E-state index in [-0.39, 0.29) is 0 Å². The molecule has 0 amide bonds. The zero-order chi connectivity index (χ0) is 37.5. The Balaban J connectivity index is 0.948. The van der Waals surface area contributed by atoms with E-state index in [9.17, 15) is 4.89 Å². The van der Waals surface area contributed by atoms with Crippen LogP contribution in [0.25, 0.3) is 78.4 Å². The van der Waals surface area contributed by atoms with E-state index in [2.05, 4.69) is 176 Å². The van der Waals surface area contributed by atoms with Crippen LogP contribution < -0.4 is 15.9 Å². The van der Waals surface area contributed by atoms with Crippen LogP contribution in [0.3, 0.4) is 0 Å². The highest BCUT2D eigenvalue weighted by molar-refractivity contribution is 7.92. The molecule has 0 saturated heterocycles. The van der Waals surface area contributed by atoms with Gasteiger partial charge in [-0.1, -0.05) is 176 Å². The number of nitrogens with zero attached hydrogens (tertiary/aromatic N) is 2.